The number of carbonyl (C=O) groups excluding carboxylic acids is 1. The highest BCUT2D eigenvalue weighted by Gasteiger charge is 2.54. The number of nitrogens with zero attached hydrogens (tertiary/aromatic N) is 3. The van der Waals surface area contributed by atoms with E-state index in [-0.39, 0.29) is 12.1 Å². The Hall–Kier alpha value is -2.83. The quantitative estimate of drug-likeness (QED) is 0.577. The molecule has 2 amide bonds. The number of benzene rings is 2. The molecule has 3 unspecified atom stereocenters. The van der Waals surface area contributed by atoms with Gasteiger partial charge >= 0.3 is 6.03 Å². The first-order valence-corrected chi connectivity index (χ1v) is 12.6. The molecule has 2 bridgehead atoms. The molecule has 3 atom stereocenters. The van der Waals surface area contributed by atoms with Crippen LogP contribution in [0.15, 0.2) is 88.9 Å². The van der Waals surface area contributed by atoms with Crippen LogP contribution in [0.1, 0.15) is 24.3 Å². The molecule has 7 rings (SSSR count). The minimum Gasteiger partial charge on any atom is -0.319 e. The number of pyridine rings is 1. The summed E-state index contributed by atoms with van der Waals surface area (Å²) in [5.74, 6) is 0.907. The monoisotopic (exact) mass is 456 g/mol. The Labute approximate surface area is 199 Å². The number of hydrogen-bond acceptors (Lipinski definition) is 4. The van der Waals surface area contributed by atoms with Crippen LogP contribution in [0.25, 0.3) is 0 Å². The fourth-order valence-corrected chi connectivity index (χ4v) is 6.90. The Bertz CT molecular complexity index is 1120. The SMILES string of the molecule is O=C(Nc1cccc(Sc2ccccc2)c1)N1CC(c2cccnc2)C2C1C1CCN2CC1. The lowest BCUT2D eigenvalue weighted by atomic mass is 9.75. The van der Waals surface area contributed by atoms with Crippen molar-refractivity contribution >= 4 is 23.5 Å². The molecule has 0 aliphatic carbocycles. The van der Waals surface area contributed by atoms with E-state index in [4.69, 9.17) is 0 Å². The summed E-state index contributed by atoms with van der Waals surface area (Å²) in [4.78, 5) is 25.0. The van der Waals surface area contributed by atoms with Gasteiger partial charge in [0.1, 0.15) is 0 Å². The largest absolute Gasteiger partial charge is 0.322 e. The molecular formula is C27H28N4OS. The molecule has 0 spiro atoms. The van der Waals surface area contributed by atoms with Gasteiger partial charge in [0.15, 0.2) is 0 Å². The van der Waals surface area contributed by atoms with E-state index < -0.39 is 0 Å². The Kier molecular flexibility index (Phi) is 5.56. The van der Waals surface area contributed by atoms with Crippen LogP contribution < -0.4 is 5.32 Å². The number of carbonyl (C=O) groups is 1. The van der Waals surface area contributed by atoms with Crippen LogP contribution in [0.3, 0.4) is 0 Å². The summed E-state index contributed by atoms with van der Waals surface area (Å²) >= 11 is 1.71. The van der Waals surface area contributed by atoms with E-state index in [0.29, 0.717) is 17.9 Å². The van der Waals surface area contributed by atoms with Crippen molar-refractivity contribution in [2.24, 2.45) is 5.92 Å². The van der Waals surface area contributed by atoms with E-state index in [1.54, 1.807) is 11.8 Å². The maximum absolute atomic E-state index is 13.6. The fourth-order valence-electron chi connectivity index (χ4n) is 6.00. The summed E-state index contributed by atoms with van der Waals surface area (Å²) in [6, 6.07) is 23.4. The van der Waals surface area contributed by atoms with Gasteiger partial charge in [-0.15, -0.1) is 0 Å². The first-order valence-electron chi connectivity index (χ1n) is 11.8. The second-order valence-corrected chi connectivity index (χ2v) is 10.4. The van der Waals surface area contributed by atoms with Gasteiger partial charge in [-0.1, -0.05) is 42.1 Å². The van der Waals surface area contributed by atoms with Gasteiger partial charge < -0.3 is 10.2 Å². The Morgan fingerprint density at radius 2 is 1.76 bits per heavy atom. The van der Waals surface area contributed by atoms with Gasteiger partial charge in [-0.3, -0.25) is 9.88 Å². The maximum Gasteiger partial charge on any atom is 0.322 e. The summed E-state index contributed by atoms with van der Waals surface area (Å²) in [6.45, 7) is 3.05. The molecule has 4 aliphatic heterocycles. The first kappa shape index (κ1) is 20.8. The van der Waals surface area contributed by atoms with E-state index in [1.165, 1.54) is 23.3 Å². The van der Waals surface area contributed by atoms with E-state index in [0.717, 1.165) is 30.2 Å². The van der Waals surface area contributed by atoms with Crippen LogP contribution in [-0.2, 0) is 0 Å². The molecule has 1 N–H and O–H groups in total. The topological polar surface area (TPSA) is 48.5 Å². The second-order valence-electron chi connectivity index (χ2n) is 9.27. The fraction of sp³-hybridized carbons (Fsp3) is 0.333. The molecule has 33 heavy (non-hydrogen) atoms. The number of likely N-dealkylation sites (tertiary alicyclic amines) is 1. The smallest absolute Gasteiger partial charge is 0.319 e. The van der Waals surface area contributed by atoms with Gasteiger partial charge in [-0.05, 0) is 73.8 Å². The van der Waals surface area contributed by atoms with Gasteiger partial charge in [-0.2, -0.15) is 0 Å². The number of aromatic nitrogens is 1. The molecule has 4 aliphatic rings. The third-order valence-corrected chi connectivity index (χ3v) is 8.43. The zero-order chi connectivity index (χ0) is 22.2. The third kappa shape index (κ3) is 4.02. The van der Waals surface area contributed by atoms with Crippen molar-refractivity contribution in [3.63, 3.8) is 0 Å². The van der Waals surface area contributed by atoms with Gasteiger partial charge in [0.2, 0.25) is 0 Å². The van der Waals surface area contributed by atoms with E-state index >= 15 is 0 Å². The molecular weight excluding hydrogens is 428 g/mol. The maximum atomic E-state index is 13.6. The molecule has 6 heteroatoms. The van der Waals surface area contributed by atoms with Gasteiger partial charge in [0, 0.05) is 46.4 Å². The summed E-state index contributed by atoms with van der Waals surface area (Å²) in [5, 5.41) is 3.21. The minimum atomic E-state index is 0.0204. The highest BCUT2D eigenvalue weighted by atomic mass is 32.2. The summed E-state index contributed by atoms with van der Waals surface area (Å²) in [7, 11) is 0. The standard InChI is InChI=1S/C27H28N4OS/c32-27(29-21-7-4-10-23(16-21)33-22-8-2-1-3-9-22)31-18-24(20-6-5-13-28-17-20)26-25(31)19-11-14-30(26)15-12-19/h1-10,13,16-17,19,24-26H,11-12,14-15,18H2,(H,29,32). The number of piperidine rings is 3. The van der Waals surface area contributed by atoms with E-state index in [2.05, 4.69) is 50.4 Å². The molecule has 0 radical (unpaired) electrons. The predicted molar refractivity (Wildman–Crippen MR) is 132 cm³/mol. The summed E-state index contributed by atoms with van der Waals surface area (Å²) in [5.41, 5.74) is 2.10. The number of hydrogen-bond donors (Lipinski definition) is 1. The number of fused-ring (bicyclic) bond motifs is 2. The summed E-state index contributed by atoms with van der Waals surface area (Å²) in [6.07, 6.45) is 6.19. The van der Waals surface area contributed by atoms with E-state index in [1.807, 2.05) is 48.8 Å². The molecule has 5 nitrogen and oxygen atoms in total. The Morgan fingerprint density at radius 1 is 0.939 bits per heavy atom. The molecule has 168 valence electrons. The van der Waals surface area contributed by atoms with Crippen LogP contribution in [0.4, 0.5) is 10.5 Å². The van der Waals surface area contributed by atoms with Gasteiger partial charge in [0.25, 0.3) is 0 Å². The summed E-state index contributed by atoms with van der Waals surface area (Å²) < 4.78 is 0. The van der Waals surface area contributed by atoms with Crippen molar-refractivity contribution in [2.45, 2.75) is 40.6 Å². The average molecular weight is 457 g/mol. The number of anilines is 1. The highest BCUT2D eigenvalue weighted by molar-refractivity contribution is 7.99. The predicted octanol–water partition coefficient (Wildman–Crippen LogP) is 5.33. The first-order chi connectivity index (χ1) is 16.3. The lowest BCUT2D eigenvalue weighted by Gasteiger charge is -2.51. The number of amides is 2. The second kappa shape index (κ2) is 8.84. The molecule has 4 fully saturated rings. The lowest BCUT2D eigenvalue weighted by molar-refractivity contribution is 0.00493. The molecule has 5 heterocycles. The van der Waals surface area contributed by atoms with Crippen molar-refractivity contribution in [1.29, 1.82) is 0 Å². The third-order valence-electron chi connectivity index (χ3n) is 7.43. The molecule has 2 aromatic carbocycles. The molecule has 0 saturated carbocycles. The van der Waals surface area contributed by atoms with Crippen molar-refractivity contribution in [2.75, 3.05) is 25.0 Å². The molecule has 4 saturated heterocycles. The van der Waals surface area contributed by atoms with Crippen LogP contribution in [0.5, 0.6) is 0 Å². The normalized spacial score (nSPS) is 27.9. The van der Waals surface area contributed by atoms with Gasteiger partial charge in [0.05, 0.1) is 6.04 Å². The van der Waals surface area contributed by atoms with Crippen molar-refractivity contribution < 1.29 is 4.79 Å². The zero-order valence-electron chi connectivity index (χ0n) is 18.5. The average Bonchev–Trinajstić information content (AvgIpc) is 3.30. The number of urea groups is 1. The van der Waals surface area contributed by atoms with Crippen LogP contribution >= 0.6 is 11.8 Å². The Morgan fingerprint density at radius 3 is 2.55 bits per heavy atom. The van der Waals surface area contributed by atoms with Crippen molar-refractivity contribution in [3.05, 3.63) is 84.7 Å². The Balaban J connectivity index is 1.23. The molecule has 1 aromatic heterocycles. The van der Waals surface area contributed by atoms with Crippen LogP contribution in [-0.4, -0.2) is 52.5 Å². The van der Waals surface area contributed by atoms with Crippen molar-refractivity contribution in [1.82, 2.24) is 14.8 Å². The van der Waals surface area contributed by atoms with Crippen LogP contribution in [0.2, 0.25) is 0 Å². The van der Waals surface area contributed by atoms with E-state index in [9.17, 15) is 4.79 Å². The zero-order valence-corrected chi connectivity index (χ0v) is 19.3. The van der Waals surface area contributed by atoms with Gasteiger partial charge in [-0.25, -0.2) is 4.79 Å². The molecule has 3 aromatic rings. The van der Waals surface area contributed by atoms with Crippen molar-refractivity contribution in [3.8, 4) is 0 Å². The minimum absolute atomic E-state index is 0.0204. The lowest BCUT2D eigenvalue weighted by Crippen LogP contribution is -2.61. The van der Waals surface area contributed by atoms with Crippen LogP contribution in [0, 0.1) is 5.92 Å². The number of rotatable bonds is 4. The number of nitrogens with one attached hydrogen (secondary N) is 1. The highest BCUT2D eigenvalue weighted by Crippen LogP contribution is 2.46.